The molecule has 6 nitrogen and oxygen atoms in total. The number of likely N-dealkylation sites (tertiary alicyclic amines) is 1. The maximum absolute atomic E-state index is 13.0. The number of benzene rings is 1. The average molecular weight is 333 g/mol. The third kappa shape index (κ3) is 2.74. The second-order valence-electron chi connectivity index (χ2n) is 6.46. The number of nitrogens with zero attached hydrogens (tertiary/aromatic N) is 1. The number of carbonyl (C=O) groups is 1. The number of piperidine rings is 1. The fourth-order valence-electron chi connectivity index (χ4n) is 3.85. The fraction of sp³-hybridized carbons (Fsp3) is 0.611. The van der Waals surface area contributed by atoms with E-state index in [0.29, 0.717) is 43.4 Å². The lowest BCUT2D eigenvalue weighted by Gasteiger charge is -2.40. The summed E-state index contributed by atoms with van der Waals surface area (Å²) in [7, 11) is 1.71. The van der Waals surface area contributed by atoms with Crippen LogP contribution in [0.2, 0.25) is 0 Å². The molecule has 0 N–H and O–H groups in total. The zero-order chi connectivity index (χ0) is 16.5. The van der Waals surface area contributed by atoms with E-state index in [1.165, 1.54) is 0 Å². The molecule has 130 valence electrons. The average Bonchev–Trinajstić information content (AvgIpc) is 2.99. The van der Waals surface area contributed by atoms with Crippen molar-refractivity contribution in [1.29, 1.82) is 0 Å². The largest absolute Gasteiger partial charge is 0.490 e. The van der Waals surface area contributed by atoms with Crippen LogP contribution in [0.15, 0.2) is 18.2 Å². The van der Waals surface area contributed by atoms with Crippen molar-refractivity contribution in [2.24, 2.45) is 0 Å². The summed E-state index contributed by atoms with van der Waals surface area (Å²) in [5.41, 5.74) is 0.640. The minimum atomic E-state index is -0.0203. The van der Waals surface area contributed by atoms with Gasteiger partial charge in [0.2, 0.25) is 0 Å². The molecule has 6 heteroatoms. The second-order valence-corrected chi connectivity index (χ2v) is 6.46. The molecule has 0 spiro atoms. The predicted molar refractivity (Wildman–Crippen MR) is 86.6 cm³/mol. The van der Waals surface area contributed by atoms with Gasteiger partial charge in [0.25, 0.3) is 5.91 Å². The standard InChI is InChI=1S/C18H23NO5/c1-21-15-5-7-19(13-6-10-24-17(13)15)18(20)12-3-4-14-16(11-12)23-9-2-8-22-14/h3-4,11,13,15,17H,2,5-10H2,1H3/t13-,15+,17-/m0/s1. The van der Waals surface area contributed by atoms with Crippen molar-refractivity contribution in [3.8, 4) is 11.5 Å². The van der Waals surface area contributed by atoms with Gasteiger partial charge in [0, 0.05) is 32.2 Å². The Balaban J connectivity index is 1.56. The zero-order valence-corrected chi connectivity index (χ0v) is 13.9. The summed E-state index contributed by atoms with van der Waals surface area (Å²) in [6.45, 7) is 2.63. The Morgan fingerprint density at radius 1 is 1.17 bits per heavy atom. The molecule has 0 radical (unpaired) electrons. The number of ether oxygens (including phenoxy) is 4. The van der Waals surface area contributed by atoms with Gasteiger partial charge in [-0.05, 0) is 31.0 Å². The number of hydrogen-bond donors (Lipinski definition) is 0. The van der Waals surface area contributed by atoms with E-state index in [4.69, 9.17) is 18.9 Å². The highest BCUT2D eigenvalue weighted by molar-refractivity contribution is 5.95. The summed E-state index contributed by atoms with van der Waals surface area (Å²) in [6.07, 6.45) is 2.57. The molecule has 24 heavy (non-hydrogen) atoms. The Bertz CT molecular complexity index is 619. The Kier molecular flexibility index (Phi) is 4.33. The van der Waals surface area contributed by atoms with Crippen molar-refractivity contribution in [1.82, 2.24) is 4.90 Å². The summed E-state index contributed by atoms with van der Waals surface area (Å²) >= 11 is 0. The van der Waals surface area contributed by atoms with Gasteiger partial charge in [-0.25, -0.2) is 0 Å². The molecule has 1 aromatic carbocycles. The molecule has 2 fully saturated rings. The third-order valence-corrected chi connectivity index (χ3v) is 5.08. The van der Waals surface area contributed by atoms with E-state index >= 15 is 0 Å². The number of carbonyl (C=O) groups excluding carboxylic acids is 1. The Labute approximate surface area is 141 Å². The van der Waals surface area contributed by atoms with Crippen LogP contribution in [0.3, 0.4) is 0 Å². The van der Waals surface area contributed by atoms with Crippen molar-refractivity contribution in [2.45, 2.75) is 37.5 Å². The van der Waals surface area contributed by atoms with Gasteiger partial charge in [-0.2, -0.15) is 0 Å². The molecular weight excluding hydrogens is 310 g/mol. The topological polar surface area (TPSA) is 57.2 Å². The summed E-state index contributed by atoms with van der Waals surface area (Å²) in [5.74, 6) is 1.40. The molecule has 3 aliphatic rings. The minimum Gasteiger partial charge on any atom is -0.490 e. The van der Waals surface area contributed by atoms with Crippen LogP contribution in [0.1, 0.15) is 29.6 Å². The normalized spacial score (nSPS) is 29.0. The van der Waals surface area contributed by atoms with Gasteiger partial charge in [0.05, 0.1) is 25.4 Å². The van der Waals surface area contributed by atoms with E-state index < -0.39 is 0 Å². The maximum atomic E-state index is 13.0. The number of hydrogen-bond acceptors (Lipinski definition) is 5. The van der Waals surface area contributed by atoms with Crippen molar-refractivity contribution in [3.05, 3.63) is 23.8 Å². The minimum absolute atomic E-state index is 0.0203. The molecular formula is C18H23NO5. The SMILES string of the molecule is CO[C@@H]1CCN(C(=O)c2ccc3c(c2)OCCCO3)[C@H]2CCO[C@H]12. The van der Waals surface area contributed by atoms with Gasteiger partial charge in [-0.3, -0.25) is 4.79 Å². The van der Waals surface area contributed by atoms with Crippen molar-refractivity contribution >= 4 is 5.91 Å². The van der Waals surface area contributed by atoms with Crippen molar-refractivity contribution in [2.75, 3.05) is 33.5 Å². The van der Waals surface area contributed by atoms with E-state index in [1.807, 2.05) is 17.0 Å². The van der Waals surface area contributed by atoms with Crippen LogP contribution >= 0.6 is 0 Å². The van der Waals surface area contributed by atoms with Crippen LogP contribution in [0, 0.1) is 0 Å². The first-order chi connectivity index (χ1) is 11.8. The van der Waals surface area contributed by atoms with Crippen LogP contribution < -0.4 is 9.47 Å². The second kappa shape index (κ2) is 6.61. The molecule has 3 atom stereocenters. The van der Waals surface area contributed by atoms with Crippen molar-refractivity contribution < 1.29 is 23.7 Å². The summed E-state index contributed by atoms with van der Waals surface area (Å²) in [4.78, 5) is 15.0. The third-order valence-electron chi connectivity index (χ3n) is 5.08. The first-order valence-electron chi connectivity index (χ1n) is 8.63. The molecule has 0 bridgehead atoms. The fourth-order valence-corrected chi connectivity index (χ4v) is 3.85. The Morgan fingerprint density at radius 3 is 2.83 bits per heavy atom. The van der Waals surface area contributed by atoms with Crippen LogP contribution in [0.5, 0.6) is 11.5 Å². The number of amides is 1. The first-order valence-corrected chi connectivity index (χ1v) is 8.63. The lowest BCUT2D eigenvalue weighted by molar-refractivity contribution is -0.0754. The number of rotatable bonds is 2. The summed E-state index contributed by atoms with van der Waals surface area (Å²) in [6, 6.07) is 5.55. The van der Waals surface area contributed by atoms with Crippen LogP contribution in [-0.2, 0) is 9.47 Å². The molecule has 2 saturated heterocycles. The highest BCUT2D eigenvalue weighted by Crippen LogP contribution is 2.34. The monoisotopic (exact) mass is 333 g/mol. The first kappa shape index (κ1) is 15.7. The molecule has 0 aromatic heterocycles. The molecule has 0 saturated carbocycles. The maximum Gasteiger partial charge on any atom is 0.254 e. The molecule has 1 aromatic rings. The molecule has 3 heterocycles. The molecule has 4 rings (SSSR count). The van der Waals surface area contributed by atoms with Crippen LogP contribution in [0.4, 0.5) is 0 Å². The van der Waals surface area contributed by atoms with E-state index in [1.54, 1.807) is 13.2 Å². The van der Waals surface area contributed by atoms with E-state index in [9.17, 15) is 4.79 Å². The molecule has 3 aliphatic heterocycles. The van der Waals surface area contributed by atoms with E-state index in [2.05, 4.69) is 0 Å². The molecule has 0 unspecified atom stereocenters. The lowest BCUT2D eigenvalue weighted by Crippen LogP contribution is -2.55. The molecule has 0 aliphatic carbocycles. The predicted octanol–water partition coefficient (Wildman–Crippen LogP) is 1.87. The van der Waals surface area contributed by atoms with Crippen LogP contribution in [0.25, 0.3) is 0 Å². The van der Waals surface area contributed by atoms with Gasteiger partial charge in [-0.1, -0.05) is 0 Å². The van der Waals surface area contributed by atoms with E-state index in [0.717, 1.165) is 19.3 Å². The van der Waals surface area contributed by atoms with Crippen LogP contribution in [-0.4, -0.2) is 62.5 Å². The van der Waals surface area contributed by atoms with Gasteiger partial charge in [0.15, 0.2) is 11.5 Å². The summed E-state index contributed by atoms with van der Waals surface area (Å²) in [5, 5.41) is 0. The van der Waals surface area contributed by atoms with Gasteiger partial charge < -0.3 is 23.8 Å². The Hall–Kier alpha value is -1.79. The van der Waals surface area contributed by atoms with Crippen molar-refractivity contribution in [3.63, 3.8) is 0 Å². The highest BCUT2D eigenvalue weighted by Gasteiger charge is 2.44. The number of fused-ring (bicyclic) bond motifs is 2. The van der Waals surface area contributed by atoms with Gasteiger partial charge >= 0.3 is 0 Å². The quantitative estimate of drug-likeness (QED) is 0.827. The highest BCUT2D eigenvalue weighted by atomic mass is 16.5. The zero-order valence-electron chi connectivity index (χ0n) is 13.9. The molecule has 1 amide bonds. The smallest absolute Gasteiger partial charge is 0.254 e. The van der Waals surface area contributed by atoms with Gasteiger partial charge in [0.1, 0.15) is 6.10 Å². The summed E-state index contributed by atoms with van der Waals surface area (Å²) < 4.78 is 22.7. The van der Waals surface area contributed by atoms with Gasteiger partial charge in [-0.15, -0.1) is 0 Å². The number of methoxy groups -OCH3 is 1. The lowest BCUT2D eigenvalue weighted by atomic mass is 9.94. The Morgan fingerprint density at radius 2 is 2.00 bits per heavy atom. The van der Waals surface area contributed by atoms with E-state index in [-0.39, 0.29) is 24.2 Å².